The smallest absolute Gasteiger partial charge is 0.105 e. The lowest BCUT2D eigenvalue weighted by Gasteiger charge is -2.13. The summed E-state index contributed by atoms with van der Waals surface area (Å²) in [4.78, 5) is 0. The van der Waals surface area contributed by atoms with Gasteiger partial charge in [-0.1, -0.05) is 35.9 Å². The van der Waals surface area contributed by atoms with Gasteiger partial charge in [0.25, 0.3) is 0 Å². The van der Waals surface area contributed by atoms with Gasteiger partial charge in [-0.2, -0.15) is 0 Å². The predicted octanol–water partition coefficient (Wildman–Crippen LogP) is 5.24. The molecule has 0 fully saturated rings. The molecule has 1 aromatic heterocycles. The number of thiophene rings is 1. The third-order valence-electron chi connectivity index (χ3n) is 3.06. The molecule has 0 aliphatic heterocycles. The second kappa shape index (κ2) is 5.40. The highest BCUT2D eigenvalue weighted by atomic mass is 127. The first-order valence-corrected chi connectivity index (χ1v) is 8.09. The van der Waals surface area contributed by atoms with Gasteiger partial charge in [-0.3, -0.25) is 0 Å². The van der Waals surface area contributed by atoms with Crippen LogP contribution in [0.2, 0.25) is 5.02 Å². The van der Waals surface area contributed by atoms with E-state index in [-0.39, 0.29) is 0 Å². The van der Waals surface area contributed by atoms with Crippen molar-refractivity contribution in [3.8, 4) is 0 Å². The van der Waals surface area contributed by atoms with Gasteiger partial charge < -0.3 is 5.11 Å². The number of hydrogen-bond acceptors (Lipinski definition) is 2. The summed E-state index contributed by atoms with van der Waals surface area (Å²) in [5.41, 5.74) is 1.76. The number of aliphatic hydroxyl groups excluding tert-OH is 1. The van der Waals surface area contributed by atoms with Crippen LogP contribution in [0.5, 0.6) is 0 Å². The maximum Gasteiger partial charge on any atom is 0.105 e. The van der Waals surface area contributed by atoms with Gasteiger partial charge in [-0.05, 0) is 57.1 Å². The van der Waals surface area contributed by atoms with Crippen LogP contribution in [0.15, 0.2) is 47.8 Å². The Labute approximate surface area is 134 Å². The van der Waals surface area contributed by atoms with Gasteiger partial charge in [-0.15, -0.1) is 11.3 Å². The van der Waals surface area contributed by atoms with E-state index in [0.29, 0.717) is 5.02 Å². The minimum absolute atomic E-state index is 0.642. The lowest BCUT2D eigenvalue weighted by atomic mass is 10.0. The fraction of sp³-hybridized carbons (Fsp3) is 0.0667. The minimum Gasteiger partial charge on any atom is -0.384 e. The number of fused-ring (bicyclic) bond motifs is 1. The van der Waals surface area contributed by atoms with Crippen molar-refractivity contribution >= 4 is 55.6 Å². The molecule has 3 aromatic rings. The summed E-state index contributed by atoms with van der Waals surface area (Å²) in [5.74, 6) is 0. The molecule has 0 saturated carbocycles. The second-order valence-corrected chi connectivity index (χ2v) is 6.75. The van der Waals surface area contributed by atoms with Crippen LogP contribution in [-0.2, 0) is 0 Å². The van der Waals surface area contributed by atoms with Crippen molar-refractivity contribution in [2.75, 3.05) is 0 Å². The van der Waals surface area contributed by atoms with Gasteiger partial charge in [0, 0.05) is 13.8 Å². The van der Waals surface area contributed by atoms with E-state index >= 15 is 0 Å². The van der Waals surface area contributed by atoms with Crippen molar-refractivity contribution in [3.63, 3.8) is 0 Å². The summed E-state index contributed by atoms with van der Waals surface area (Å²) in [6.07, 6.45) is -0.642. The van der Waals surface area contributed by atoms with Crippen LogP contribution in [0.3, 0.4) is 0 Å². The maximum atomic E-state index is 10.6. The molecule has 1 heterocycles. The predicted molar refractivity (Wildman–Crippen MR) is 90.1 cm³/mol. The van der Waals surface area contributed by atoms with Crippen LogP contribution in [0.4, 0.5) is 0 Å². The molecule has 0 aliphatic rings. The second-order valence-electron chi connectivity index (χ2n) is 4.26. The van der Waals surface area contributed by atoms with Gasteiger partial charge in [0.2, 0.25) is 0 Å². The van der Waals surface area contributed by atoms with Crippen LogP contribution in [0.25, 0.3) is 10.1 Å². The minimum atomic E-state index is -0.642. The average molecular weight is 401 g/mol. The lowest BCUT2D eigenvalue weighted by Crippen LogP contribution is -2.00. The van der Waals surface area contributed by atoms with Gasteiger partial charge in [0.05, 0.1) is 5.02 Å². The lowest BCUT2D eigenvalue weighted by molar-refractivity contribution is 0.222. The molecule has 1 nitrogen and oxygen atoms in total. The third-order valence-corrected chi connectivity index (χ3v) is 5.61. The quantitative estimate of drug-likeness (QED) is 0.583. The molecule has 2 aromatic carbocycles. The number of benzene rings is 2. The SMILES string of the molecule is OC(c1ccc(I)c(Cl)c1)c1cccc2ccsc12. The summed E-state index contributed by atoms with van der Waals surface area (Å²) in [7, 11) is 0. The Bertz CT molecular complexity index is 738. The topological polar surface area (TPSA) is 20.2 Å². The van der Waals surface area contributed by atoms with E-state index in [0.717, 1.165) is 24.8 Å². The Morgan fingerprint density at radius 1 is 1.16 bits per heavy atom. The van der Waals surface area contributed by atoms with Crippen LogP contribution < -0.4 is 0 Å². The van der Waals surface area contributed by atoms with Gasteiger partial charge in [0.1, 0.15) is 6.10 Å². The molecule has 4 heteroatoms. The number of hydrogen-bond donors (Lipinski definition) is 1. The number of halogens is 2. The Morgan fingerprint density at radius 2 is 2.00 bits per heavy atom. The molecule has 3 rings (SSSR count). The van der Waals surface area contributed by atoms with Crippen molar-refractivity contribution in [1.82, 2.24) is 0 Å². The Hall–Kier alpha value is -0.620. The maximum absolute atomic E-state index is 10.6. The molecule has 0 saturated heterocycles. The van der Waals surface area contributed by atoms with E-state index < -0.39 is 6.10 Å². The van der Waals surface area contributed by atoms with Gasteiger partial charge in [0.15, 0.2) is 0 Å². The molecule has 0 radical (unpaired) electrons. The Kier molecular flexibility index (Phi) is 3.80. The summed E-state index contributed by atoms with van der Waals surface area (Å²) in [5, 5.41) is 14.5. The molecule has 1 atom stereocenters. The molecule has 0 bridgehead atoms. The summed E-state index contributed by atoms with van der Waals surface area (Å²) in [6.45, 7) is 0. The number of rotatable bonds is 2. The molecule has 1 N–H and O–H groups in total. The zero-order valence-corrected chi connectivity index (χ0v) is 13.5. The largest absolute Gasteiger partial charge is 0.384 e. The highest BCUT2D eigenvalue weighted by Gasteiger charge is 2.15. The van der Waals surface area contributed by atoms with Crippen molar-refractivity contribution in [1.29, 1.82) is 0 Å². The third kappa shape index (κ3) is 2.52. The van der Waals surface area contributed by atoms with Crippen LogP contribution in [-0.4, -0.2) is 5.11 Å². The highest BCUT2D eigenvalue weighted by Crippen LogP contribution is 2.33. The zero-order chi connectivity index (χ0) is 13.4. The van der Waals surface area contributed by atoms with Crippen molar-refractivity contribution < 1.29 is 5.11 Å². The average Bonchev–Trinajstić information content (AvgIpc) is 2.89. The fourth-order valence-electron chi connectivity index (χ4n) is 2.09. The first-order valence-electron chi connectivity index (χ1n) is 5.76. The Balaban J connectivity index is 2.10. The van der Waals surface area contributed by atoms with E-state index in [4.69, 9.17) is 11.6 Å². The van der Waals surface area contributed by atoms with Crippen molar-refractivity contribution in [2.45, 2.75) is 6.10 Å². The summed E-state index contributed by atoms with van der Waals surface area (Å²) < 4.78 is 2.12. The summed E-state index contributed by atoms with van der Waals surface area (Å²) in [6, 6.07) is 13.7. The molecule has 96 valence electrons. The molecule has 19 heavy (non-hydrogen) atoms. The molecular formula is C15H10ClIOS. The van der Waals surface area contributed by atoms with E-state index in [9.17, 15) is 5.11 Å². The van der Waals surface area contributed by atoms with Crippen molar-refractivity contribution in [2.24, 2.45) is 0 Å². The first-order chi connectivity index (χ1) is 9.16. The molecule has 0 amide bonds. The normalized spacial score (nSPS) is 12.8. The van der Waals surface area contributed by atoms with Crippen LogP contribution >= 0.6 is 45.5 Å². The molecular weight excluding hydrogens is 391 g/mol. The molecule has 0 spiro atoms. The van der Waals surface area contributed by atoms with Gasteiger partial charge >= 0.3 is 0 Å². The molecule has 1 unspecified atom stereocenters. The van der Waals surface area contributed by atoms with E-state index in [1.54, 1.807) is 11.3 Å². The monoisotopic (exact) mass is 400 g/mol. The van der Waals surface area contributed by atoms with E-state index in [2.05, 4.69) is 34.7 Å². The van der Waals surface area contributed by atoms with Crippen LogP contribution in [0, 0.1) is 3.57 Å². The molecule has 0 aliphatic carbocycles. The van der Waals surface area contributed by atoms with E-state index in [1.807, 2.05) is 35.7 Å². The summed E-state index contributed by atoms with van der Waals surface area (Å²) >= 11 is 9.96. The highest BCUT2D eigenvalue weighted by molar-refractivity contribution is 14.1. The van der Waals surface area contributed by atoms with Gasteiger partial charge in [-0.25, -0.2) is 0 Å². The zero-order valence-electron chi connectivity index (χ0n) is 9.81. The standard InChI is InChI=1S/C15H10ClIOS/c16-12-8-10(4-5-13(12)17)14(18)11-3-1-2-9-6-7-19-15(9)11/h1-8,14,18H. The van der Waals surface area contributed by atoms with E-state index in [1.165, 1.54) is 0 Å². The first kappa shape index (κ1) is 13.4. The van der Waals surface area contributed by atoms with Crippen molar-refractivity contribution in [3.05, 3.63) is 67.6 Å². The van der Waals surface area contributed by atoms with Crippen LogP contribution in [0.1, 0.15) is 17.2 Å². The Morgan fingerprint density at radius 3 is 2.79 bits per heavy atom. The number of aliphatic hydroxyl groups is 1. The fourth-order valence-corrected chi connectivity index (χ4v) is 3.56.